The molecule has 3 N–H and O–H groups in total. The molecule has 3 rings (SSSR count). The van der Waals surface area contributed by atoms with Gasteiger partial charge in [0.25, 0.3) is 0 Å². The maximum atomic E-state index is 13.0. The summed E-state index contributed by atoms with van der Waals surface area (Å²) in [6, 6.07) is 20.9. The van der Waals surface area contributed by atoms with Gasteiger partial charge in [0, 0.05) is 13.1 Å². The quantitative estimate of drug-likeness (QED) is 0.446. The Balaban J connectivity index is 1.76. The van der Waals surface area contributed by atoms with Crippen LogP contribution in [0.5, 0.6) is 5.75 Å². The zero-order valence-corrected chi connectivity index (χ0v) is 17.9. The number of benzene rings is 3. The molecule has 0 aromatic heterocycles. The van der Waals surface area contributed by atoms with Gasteiger partial charge in [0.05, 0.1) is 18.4 Å². The first kappa shape index (κ1) is 22.3. The predicted octanol–water partition coefficient (Wildman–Crippen LogP) is 3.53. The van der Waals surface area contributed by atoms with E-state index in [1.54, 1.807) is 7.11 Å². The third-order valence-corrected chi connectivity index (χ3v) is 6.21. The smallest absolute Gasteiger partial charge is 0.335 e. The van der Waals surface area contributed by atoms with Crippen LogP contribution in [-0.4, -0.2) is 33.1 Å². The lowest BCUT2D eigenvalue weighted by Crippen LogP contribution is -2.27. The SMILES string of the molecule is COc1ccc(CCNS(=O)(=O)c2cc(C(=O)O)ccc2NCc2ccccc2)cc1. The summed E-state index contributed by atoms with van der Waals surface area (Å²) in [7, 11) is -2.35. The highest BCUT2D eigenvalue weighted by molar-refractivity contribution is 7.89. The van der Waals surface area contributed by atoms with E-state index < -0.39 is 16.0 Å². The number of methoxy groups -OCH3 is 1. The molecule has 0 unspecified atom stereocenters. The number of aromatic carboxylic acids is 1. The minimum atomic E-state index is -3.93. The van der Waals surface area contributed by atoms with Gasteiger partial charge in [0.1, 0.15) is 10.6 Å². The number of ether oxygens (including phenoxy) is 1. The van der Waals surface area contributed by atoms with E-state index in [1.165, 1.54) is 18.2 Å². The van der Waals surface area contributed by atoms with Crippen molar-refractivity contribution in [1.29, 1.82) is 0 Å². The molecule has 0 saturated carbocycles. The minimum absolute atomic E-state index is 0.0965. The van der Waals surface area contributed by atoms with Gasteiger partial charge in [0.15, 0.2) is 0 Å². The van der Waals surface area contributed by atoms with E-state index in [9.17, 15) is 18.3 Å². The fourth-order valence-electron chi connectivity index (χ4n) is 3.02. The zero-order valence-electron chi connectivity index (χ0n) is 17.0. The molecule has 0 aliphatic heterocycles. The highest BCUT2D eigenvalue weighted by atomic mass is 32.2. The van der Waals surface area contributed by atoms with Gasteiger partial charge in [-0.25, -0.2) is 17.9 Å². The largest absolute Gasteiger partial charge is 0.497 e. The van der Waals surface area contributed by atoms with E-state index in [0.717, 1.165) is 16.9 Å². The van der Waals surface area contributed by atoms with Crippen LogP contribution in [0.15, 0.2) is 77.7 Å². The standard InChI is InChI=1S/C23H24N2O5S/c1-30-20-10-7-17(8-11-20)13-14-25-31(28,29)22-15-19(23(26)27)9-12-21(22)24-16-18-5-3-2-4-6-18/h2-12,15,24-25H,13-14,16H2,1H3,(H,26,27). The molecule has 0 aliphatic carbocycles. The molecule has 31 heavy (non-hydrogen) atoms. The average molecular weight is 441 g/mol. The molecule has 0 spiro atoms. The van der Waals surface area contributed by atoms with Crippen LogP contribution in [0.3, 0.4) is 0 Å². The molecule has 0 aliphatic rings. The second-order valence-corrected chi connectivity index (χ2v) is 8.59. The lowest BCUT2D eigenvalue weighted by molar-refractivity contribution is 0.0696. The summed E-state index contributed by atoms with van der Waals surface area (Å²) in [5.74, 6) is -0.465. The minimum Gasteiger partial charge on any atom is -0.497 e. The molecule has 3 aromatic carbocycles. The molecule has 0 bridgehead atoms. The first-order chi connectivity index (χ1) is 14.9. The first-order valence-electron chi connectivity index (χ1n) is 9.67. The van der Waals surface area contributed by atoms with Crippen LogP contribution in [0, 0.1) is 0 Å². The Kier molecular flexibility index (Phi) is 7.28. The van der Waals surface area contributed by atoms with Crippen molar-refractivity contribution < 1.29 is 23.1 Å². The Bertz CT molecular complexity index is 1130. The summed E-state index contributed by atoms with van der Waals surface area (Å²) >= 11 is 0. The lowest BCUT2D eigenvalue weighted by atomic mass is 10.1. The second kappa shape index (κ2) is 10.1. The Hall–Kier alpha value is -3.36. The number of hydrogen-bond donors (Lipinski definition) is 3. The second-order valence-electron chi connectivity index (χ2n) is 6.85. The number of carboxylic acids is 1. The van der Waals surface area contributed by atoms with Gasteiger partial charge in [-0.05, 0) is 47.9 Å². The first-order valence-corrected chi connectivity index (χ1v) is 11.1. The van der Waals surface area contributed by atoms with Crippen molar-refractivity contribution in [2.75, 3.05) is 19.0 Å². The van der Waals surface area contributed by atoms with Gasteiger partial charge in [-0.15, -0.1) is 0 Å². The van der Waals surface area contributed by atoms with Gasteiger partial charge >= 0.3 is 5.97 Å². The summed E-state index contributed by atoms with van der Waals surface area (Å²) in [6.45, 7) is 0.575. The van der Waals surface area contributed by atoms with Crippen LogP contribution >= 0.6 is 0 Å². The van der Waals surface area contributed by atoms with E-state index in [-0.39, 0.29) is 17.0 Å². The van der Waals surface area contributed by atoms with Crippen molar-refractivity contribution in [1.82, 2.24) is 4.72 Å². The van der Waals surface area contributed by atoms with Gasteiger partial charge in [-0.3, -0.25) is 0 Å². The molecular weight excluding hydrogens is 416 g/mol. The fraction of sp³-hybridized carbons (Fsp3) is 0.174. The molecule has 0 heterocycles. The van der Waals surface area contributed by atoms with Crippen LogP contribution in [0.1, 0.15) is 21.5 Å². The van der Waals surface area contributed by atoms with Crippen molar-refractivity contribution in [3.05, 3.63) is 89.5 Å². The number of nitrogens with one attached hydrogen (secondary N) is 2. The van der Waals surface area contributed by atoms with E-state index in [1.807, 2.05) is 54.6 Å². The molecule has 0 amide bonds. The molecule has 0 radical (unpaired) electrons. The van der Waals surface area contributed by atoms with E-state index in [4.69, 9.17) is 4.74 Å². The van der Waals surface area contributed by atoms with Crippen LogP contribution < -0.4 is 14.8 Å². The van der Waals surface area contributed by atoms with Gasteiger partial charge < -0.3 is 15.2 Å². The summed E-state index contributed by atoms with van der Waals surface area (Å²) < 4.78 is 33.6. The Morgan fingerprint density at radius 2 is 1.68 bits per heavy atom. The van der Waals surface area contributed by atoms with Crippen LogP contribution in [0.4, 0.5) is 5.69 Å². The number of carbonyl (C=O) groups is 1. The fourth-order valence-corrected chi connectivity index (χ4v) is 4.25. The van der Waals surface area contributed by atoms with Crippen molar-refractivity contribution in [3.63, 3.8) is 0 Å². The maximum absolute atomic E-state index is 13.0. The monoisotopic (exact) mass is 440 g/mol. The molecule has 0 saturated heterocycles. The van der Waals surface area contributed by atoms with E-state index >= 15 is 0 Å². The van der Waals surface area contributed by atoms with Crippen LogP contribution in [0.25, 0.3) is 0 Å². The number of anilines is 1. The number of sulfonamides is 1. The van der Waals surface area contributed by atoms with Crippen molar-refractivity contribution in [2.24, 2.45) is 0 Å². The summed E-state index contributed by atoms with van der Waals surface area (Å²) in [6.07, 6.45) is 0.481. The molecule has 0 atom stereocenters. The third-order valence-electron chi connectivity index (χ3n) is 4.71. The van der Waals surface area contributed by atoms with E-state index in [0.29, 0.717) is 18.7 Å². The Labute approximate surface area is 181 Å². The molecule has 8 heteroatoms. The molecule has 7 nitrogen and oxygen atoms in total. The van der Waals surface area contributed by atoms with Gasteiger partial charge in [-0.1, -0.05) is 42.5 Å². The Morgan fingerprint density at radius 1 is 0.968 bits per heavy atom. The predicted molar refractivity (Wildman–Crippen MR) is 119 cm³/mol. The highest BCUT2D eigenvalue weighted by Crippen LogP contribution is 2.24. The number of carboxylic acid groups (broad SMARTS) is 1. The molecule has 3 aromatic rings. The summed E-state index contributed by atoms with van der Waals surface area (Å²) in [4.78, 5) is 11.3. The van der Waals surface area contributed by atoms with Gasteiger partial charge in [0.2, 0.25) is 10.0 Å². The number of rotatable bonds is 10. The molecule has 162 valence electrons. The lowest BCUT2D eigenvalue weighted by Gasteiger charge is -2.14. The summed E-state index contributed by atoms with van der Waals surface area (Å²) in [5.41, 5.74) is 2.16. The normalized spacial score (nSPS) is 11.1. The van der Waals surface area contributed by atoms with Crippen molar-refractivity contribution >= 4 is 21.7 Å². The molecule has 0 fully saturated rings. The zero-order chi connectivity index (χ0) is 22.3. The van der Waals surface area contributed by atoms with E-state index in [2.05, 4.69) is 10.0 Å². The molecular formula is C23H24N2O5S. The third kappa shape index (κ3) is 6.07. The van der Waals surface area contributed by atoms with Crippen LogP contribution in [-0.2, 0) is 23.0 Å². The van der Waals surface area contributed by atoms with Crippen molar-refractivity contribution in [2.45, 2.75) is 17.9 Å². The van der Waals surface area contributed by atoms with Crippen molar-refractivity contribution in [3.8, 4) is 5.75 Å². The van der Waals surface area contributed by atoms with Gasteiger partial charge in [-0.2, -0.15) is 0 Å². The van der Waals surface area contributed by atoms with Crippen LogP contribution in [0.2, 0.25) is 0 Å². The highest BCUT2D eigenvalue weighted by Gasteiger charge is 2.20. The maximum Gasteiger partial charge on any atom is 0.335 e. The summed E-state index contributed by atoms with van der Waals surface area (Å²) in [5, 5.41) is 12.4. The number of hydrogen-bond acceptors (Lipinski definition) is 5. The average Bonchev–Trinajstić information content (AvgIpc) is 2.78. The Morgan fingerprint density at radius 3 is 2.32 bits per heavy atom. The topological polar surface area (TPSA) is 105 Å².